The van der Waals surface area contributed by atoms with Gasteiger partial charge in [-0.05, 0) is 49.2 Å². The first-order valence-corrected chi connectivity index (χ1v) is 6.46. The zero-order valence-corrected chi connectivity index (χ0v) is 11.2. The Labute approximate surface area is 113 Å². The number of hydrogen-bond donors (Lipinski definition) is 0. The van der Waals surface area contributed by atoms with Crippen molar-refractivity contribution in [2.75, 3.05) is 6.61 Å². The van der Waals surface area contributed by atoms with Gasteiger partial charge in [-0.25, -0.2) is 0 Å². The zero-order chi connectivity index (χ0) is 13.7. The second kappa shape index (κ2) is 6.14. The van der Waals surface area contributed by atoms with Crippen LogP contribution < -0.4 is 4.74 Å². The first kappa shape index (κ1) is 13.3. The van der Waals surface area contributed by atoms with Gasteiger partial charge in [-0.3, -0.25) is 9.78 Å². The fraction of sp³-hybridized carbons (Fsp3) is 0.250. The van der Waals surface area contributed by atoms with Gasteiger partial charge in [0, 0.05) is 23.5 Å². The van der Waals surface area contributed by atoms with Crippen molar-refractivity contribution in [3.8, 4) is 5.75 Å². The molecule has 19 heavy (non-hydrogen) atoms. The number of pyridine rings is 1. The third kappa shape index (κ3) is 2.99. The van der Waals surface area contributed by atoms with E-state index in [1.54, 1.807) is 30.6 Å². The van der Waals surface area contributed by atoms with Gasteiger partial charge in [0.05, 0.1) is 6.61 Å². The predicted molar refractivity (Wildman–Crippen MR) is 74.7 cm³/mol. The summed E-state index contributed by atoms with van der Waals surface area (Å²) in [5, 5.41) is 0. The predicted octanol–water partition coefficient (Wildman–Crippen LogP) is 3.27. The molecule has 0 saturated heterocycles. The topological polar surface area (TPSA) is 39.2 Å². The third-order valence-corrected chi connectivity index (χ3v) is 2.96. The Bertz CT molecular complexity index is 561. The lowest BCUT2D eigenvalue weighted by atomic mass is 9.99. The van der Waals surface area contributed by atoms with E-state index in [2.05, 4.69) is 4.98 Å². The maximum Gasteiger partial charge on any atom is 0.193 e. The molecule has 3 nitrogen and oxygen atoms in total. The molecule has 1 aromatic carbocycles. The summed E-state index contributed by atoms with van der Waals surface area (Å²) in [7, 11) is 0. The van der Waals surface area contributed by atoms with Crippen LogP contribution in [0, 0.1) is 0 Å². The van der Waals surface area contributed by atoms with Crippen LogP contribution in [0.15, 0.2) is 42.7 Å². The van der Waals surface area contributed by atoms with E-state index < -0.39 is 0 Å². The van der Waals surface area contributed by atoms with E-state index in [1.165, 1.54) is 0 Å². The molecule has 98 valence electrons. The van der Waals surface area contributed by atoms with Crippen molar-refractivity contribution in [1.82, 2.24) is 4.98 Å². The van der Waals surface area contributed by atoms with Crippen LogP contribution in [0.3, 0.4) is 0 Å². The van der Waals surface area contributed by atoms with Crippen LogP contribution in [-0.2, 0) is 6.42 Å². The van der Waals surface area contributed by atoms with Gasteiger partial charge in [0.15, 0.2) is 5.78 Å². The molecule has 0 saturated carbocycles. The van der Waals surface area contributed by atoms with Crippen LogP contribution in [0.25, 0.3) is 0 Å². The van der Waals surface area contributed by atoms with Crippen LogP contribution in [0.1, 0.15) is 35.3 Å². The maximum absolute atomic E-state index is 12.4. The number of aromatic nitrogens is 1. The highest BCUT2D eigenvalue weighted by atomic mass is 16.5. The molecule has 0 radical (unpaired) electrons. The lowest BCUT2D eigenvalue weighted by molar-refractivity contribution is 0.103. The second-order valence-corrected chi connectivity index (χ2v) is 4.17. The van der Waals surface area contributed by atoms with E-state index in [0.29, 0.717) is 12.2 Å². The summed E-state index contributed by atoms with van der Waals surface area (Å²) in [6, 6.07) is 9.02. The molecule has 2 rings (SSSR count). The van der Waals surface area contributed by atoms with Gasteiger partial charge in [0.25, 0.3) is 0 Å². The fourth-order valence-electron chi connectivity index (χ4n) is 1.96. The van der Waals surface area contributed by atoms with E-state index in [4.69, 9.17) is 4.74 Å². The Morgan fingerprint density at radius 2 is 1.89 bits per heavy atom. The van der Waals surface area contributed by atoms with Crippen LogP contribution in [0.5, 0.6) is 5.75 Å². The smallest absolute Gasteiger partial charge is 0.193 e. The fourth-order valence-corrected chi connectivity index (χ4v) is 1.96. The van der Waals surface area contributed by atoms with E-state index in [-0.39, 0.29) is 5.78 Å². The zero-order valence-electron chi connectivity index (χ0n) is 11.2. The Kier molecular flexibility index (Phi) is 4.29. The molecule has 0 bridgehead atoms. The summed E-state index contributed by atoms with van der Waals surface area (Å²) < 4.78 is 5.37. The molecule has 1 heterocycles. The summed E-state index contributed by atoms with van der Waals surface area (Å²) in [4.78, 5) is 16.5. The third-order valence-electron chi connectivity index (χ3n) is 2.96. The summed E-state index contributed by atoms with van der Waals surface area (Å²) in [6.45, 7) is 4.58. The molecular weight excluding hydrogens is 238 g/mol. The summed E-state index contributed by atoms with van der Waals surface area (Å²) in [6.07, 6.45) is 4.20. The highest BCUT2D eigenvalue weighted by Crippen LogP contribution is 2.17. The van der Waals surface area contributed by atoms with E-state index in [0.717, 1.165) is 23.3 Å². The van der Waals surface area contributed by atoms with E-state index in [9.17, 15) is 4.79 Å². The van der Waals surface area contributed by atoms with Crippen LogP contribution in [0.4, 0.5) is 0 Å². The van der Waals surface area contributed by atoms with Gasteiger partial charge in [-0.1, -0.05) is 6.92 Å². The number of rotatable bonds is 5. The SMILES string of the molecule is CCOc1ccc(C(=O)c2ccncc2CC)cc1. The molecule has 0 fully saturated rings. The van der Waals surface area contributed by atoms with Gasteiger partial charge in [-0.15, -0.1) is 0 Å². The quantitative estimate of drug-likeness (QED) is 0.770. The minimum absolute atomic E-state index is 0.0299. The molecule has 0 N–H and O–H groups in total. The average Bonchev–Trinajstić information content (AvgIpc) is 2.47. The minimum atomic E-state index is 0.0299. The van der Waals surface area contributed by atoms with Crippen LogP contribution >= 0.6 is 0 Å². The molecule has 3 heteroatoms. The number of hydrogen-bond acceptors (Lipinski definition) is 3. The monoisotopic (exact) mass is 255 g/mol. The number of aryl methyl sites for hydroxylation is 1. The molecule has 2 aromatic rings. The number of carbonyl (C=O) groups is 1. The van der Waals surface area contributed by atoms with Gasteiger partial charge in [0.2, 0.25) is 0 Å². The standard InChI is InChI=1S/C16H17NO2/c1-3-12-11-17-10-9-15(12)16(18)13-5-7-14(8-6-13)19-4-2/h5-11H,3-4H2,1-2H3. The number of carbonyl (C=O) groups excluding carboxylic acids is 1. The van der Waals surface area contributed by atoms with Crippen LogP contribution in [-0.4, -0.2) is 17.4 Å². The normalized spacial score (nSPS) is 10.2. The molecule has 0 aliphatic rings. The Morgan fingerprint density at radius 3 is 2.53 bits per heavy atom. The van der Waals surface area contributed by atoms with Crippen molar-refractivity contribution in [3.63, 3.8) is 0 Å². The Morgan fingerprint density at radius 1 is 1.16 bits per heavy atom. The van der Waals surface area contributed by atoms with Crippen molar-refractivity contribution in [3.05, 3.63) is 59.4 Å². The number of nitrogens with zero attached hydrogens (tertiary/aromatic N) is 1. The lowest BCUT2D eigenvalue weighted by Crippen LogP contribution is -2.05. The van der Waals surface area contributed by atoms with E-state index >= 15 is 0 Å². The molecular formula is C16H17NO2. The largest absolute Gasteiger partial charge is 0.494 e. The highest BCUT2D eigenvalue weighted by molar-refractivity contribution is 6.09. The molecule has 0 spiro atoms. The molecule has 0 unspecified atom stereocenters. The summed E-state index contributed by atoms with van der Waals surface area (Å²) >= 11 is 0. The van der Waals surface area contributed by atoms with Gasteiger partial charge in [-0.2, -0.15) is 0 Å². The molecule has 0 amide bonds. The maximum atomic E-state index is 12.4. The second-order valence-electron chi connectivity index (χ2n) is 4.17. The Hall–Kier alpha value is -2.16. The molecule has 0 aliphatic carbocycles. The summed E-state index contributed by atoms with van der Waals surface area (Å²) in [5.74, 6) is 0.812. The van der Waals surface area contributed by atoms with Crippen molar-refractivity contribution in [1.29, 1.82) is 0 Å². The van der Waals surface area contributed by atoms with Crippen molar-refractivity contribution in [2.45, 2.75) is 20.3 Å². The Balaban J connectivity index is 2.28. The number of ketones is 1. The summed E-state index contributed by atoms with van der Waals surface area (Å²) in [5.41, 5.74) is 2.37. The van der Waals surface area contributed by atoms with Crippen LogP contribution in [0.2, 0.25) is 0 Å². The first-order valence-electron chi connectivity index (χ1n) is 6.46. The van der Waals surface area contributed by atoms with Crippen molar-refractivity contribution < 1.29 is 9.53 Å². The number of benzene rings is 1. The average molecular weight is 255 g/mol. The van der Waals surface area contributed by atoms with Gasteiger partial charge >= 0.3 is 0 Å². The molecule has 0 atom stereocenters. The van der Waals surface area contributed by atoms with Gasteiger partial charge < -0.3 is 4.74 Å². The van der Waals surface area contributed by atoms with Crippen molar-refractivity contribution in [2.24, 2.45) is 0 Å². The number of ether oxygens (including phenoxy) is 1. The van der Waals surface area contributed by atoms with Crippen molar-refractivity contribution >= 4 is 5.78 Å². The highest BCUT2D eigenvalue weighted by Gasteiger charge is 2.12. The molecule has 0 aliphatic heterocycles. The van der Waals surface area contributed by atoms with E-state index in [1.807, 2.05) is 26.0 Å². The first-order chi connectivity index (χ1) is 9.26. The minimum Gasteiger partial charge on any atom is -0.494 e. The molecule has 1 aromatic heterocycles. The lowest BCUT2D eigenvalue weighted by Gasteiger charge is -2.07. The van der Waals surface area contributed by atoms with Gasteiger partial charge in [0.1, 0.15) is 5.75 Å².